The number of para-hydroxylation sites is 1. The molecule has 7 heteroatoms. The van der Waals surface area contributed by atoms with Crippen molar-refractivity contribution in [3.63, 3.8) is 0 Å². The zero-order valence-electron chi connectivity index (χ0n) is 15.3. The minimum Gasteiger partial charge on any atom is -0.496 e. The predicted octanol–water partition coefficient (Wildman–Crippen LogP) is 3.62. The molecule has 0 bridgehead atoms. The van der Waals surface area contributed by atoms with E-state index in [9.17, 15) is 0 Å². The molecule has 26 heavy (non-hydrogen) atoms. The van der Waals surface area contributed by atoms with Gasteiger partial charge in [-0.05, 0) is 42.9 Å². The lowest BCUT2D eigenvalue weighted by Gasteiger charge is -2.12. The van der Waals surface area contributed by atoms with Gasteiger partial charge in [0.2, 0.25) is 0 Å². The molecule has 6 nitrogen and oxygen atoms in total. The normalized spacial score (nSPS) is 10.8. The minimum absolute atomic E-state index is 0.386. The van der Waals surface area contributed by atoms with Crippen LogP contribution in [0.25, 0.3) is 0 Å². The molecule has 0 heterocycles. The van der Waals surface area contributed by atoms with Crippen LogP contribution in [-0.2, 0) is 6.42 Å². The van der Waals surface area contributed by atoms with Gasteiger partial charge >= 0.3 is 0 Å². The third kappa shape index (κ3) is 5.35. The van der Waals surface area contributed by atoms with Gasteiger partial charge in [0.15, 0.2) is 16.6 Å². The van der Waals surface area contributed by atoms with Gasteiger partial charge < -0.3 is 19.5 Å². The van der Waals surface area contributed by atoms with E-state index < -0.39 is 0 Å². The molecule has 0 aliphatic rings. The maximum atomic E-state index is 5.36. The van der Waals surface area contributed by atoms with Crippen LogP contribution in [-0.4, -0.2) is 32.2 Å². The fraction of sp³-hybridized carbons (Fsp3) is 0.263. The van der Waals surface area contributed by atoms with Crippen LogP contribution in [0.15, 0.2) is 47.6 Å². The van der Waals surface area contributed by atoms with Crippen molar-refractivity contribution < 1.29 is 14.2 Å². The number of thiocarbonyl (C=S) groups is 1. The van der Waals surface area contributed by atoms with E-state index in [0.717, 1.165) is 22.7 Å². The number of hydrazone groups is 1. The van der Waals surface area contributed by atoms with E-state index in [1.807, 2.05) is 37.3 Å². The fourth-order valence-electron chi connectivity index (χ4n) is 2.38. The molecule has 2 aromatic rings. The van der Waals surface area contributed by atoms with E-state index in [2.05, 4.69) is 15.8 Å². The molecule has 0 saturated heterocycles. The number of hydrogen-bond donors (Lipinski definition) is 2. The SMILES string of the molecule is COc1ccccc1C/C(C)=N\NC(=S)Nc1ccc(OC)c(OC)c1. The average molecular weight is 373 g/mol. The summed E-state index contributed by atoms with van der Waals surface area (Å²) in [5.41, 5.74) is 5.57. The Morgan fingerprint density at radius 3 is 2.35 bits per heavy atom. The van der Waals surface area contributed by atoms with E-state index >= 15 is 0 Å². The molecule has 0 spiro atoms. The maximum Gasteiger partial charge on any atom is 0.191 e. The van der Waals surface area contributed by atoms with E-state index in [0.29, 0.717) is 23.0 Å². The Morgan fingerprint density at radius 1 is 0.962 bits per heavy atom. The van der Waals surface area contributed by atoms with Gasteiger partial charge in [-0.15, -0.1) is 0 Å². The van der Waals surface area contributed by atoms with E-state index in [-0.39, 0.29) is 0 Å². The van der Waals surface area contributed by atoms with E-state index in [1.165, 1.54) is 0 Å². The zero-order chi connectivity index (χ0) is 18.9. The molecule has 0 aliphatic heterocycles. The van der Waals surface area contributed by atoms with Crippen LogP contribution < -0.4 is 25.0 Å². The lowest BCUT2D eigenvalue weighted by molar-refractivity contribution is 0.355. The second-order valence-electron chi connectivity index (χ2n) is 5.47. The molecule has 2 N–H and O–H groups in total. The number of rotatable bonds is 7. The topological polar surface area (TPSA) is 64.1 Å². The summed E-state index contributed by atoms with van der Waals surface area (Å²) in [5.74, 6) is 2.12. The lowest BCUT2D eigenvalue weighted by Crippen LogP contribution is -2.25. The predicted molar refractivity (Wildman–Crippen MR) is 109 cm³/mol. The Bertz CT molecular complexity index is 793. The Labute approximate surface area is 159 Å². The van der Waals surface area contributed by atoms with Crippen molar-refractivity contribution in [1.82, 2.24) is 5.43 Å². The molecular formula is C19H23N3O3S. The summed E-state index contributed by atoms with van der Waals surface area (Å²) in [5, 5.41) is 7.77. The lowest BCUT2D eigenvalue weighted by atomic mass is 10.1. The second kappa shape index (κ2) is 9.62. The first-order chi connectivity index (χ1) is 12.6. The molecule has 0 fully saturated rings. The summed E-state index contributed by atoms with van der Waals surface area (Å²) in [6, 6.07) is 13.3. The number of nitrogens with zero attached hydrogens (tertiary/aromatic N) is 1. The Hall–Kier alpha value is -2.80. The first-order valence-corrected chi connectivity index (χ1v) is 8.42. The van der Waals surface area contributed by atoms with Gasteiger partial charge in [0.1, 0.15) is 5.75 Å². The largest absolute Gasteiger partial charge is 0.496 e. The number of ether oxygens (including phenoxy) is 3. The Balaban J connectivity index is 1.96. The number of nitrogens with one attached hydrogen (secondary N) is 2. The summed E-state index contributed by atoms with van der Waals surface area (Å²) in [7, 11) is 4.84. The van der Waals surface area contributed by atoms with Crippen LogP contribution in [0.1, 0.15) is 12.5 Å². The van der Waals surface area contributed by atoms with Gasteiger partial charge in [0, 0.05) is 23.9 Å². The number of benzene rings is 2. The fourth-order valence-corrected chi connectivity index (χ4v) is 2.55. The minimum atomic E-state index is 0.386. The maximum absolute atomic E-state index is 5.36. The third-order valence-electron chi connectivity index (χ3n) is 3.63. The molecule has 0 radical (unpaired) electrons. The van der Waals surface area contributed by atoms with Gasteiger partial charge in [-0.1, -0.05) is 18.2 Å². The summed E-state index contributed by atoms with van der Waals surface area (Å²) in [6.07, 6.45) is 0.663. The molecule has 2 rings (SSSR count). The van der Waals surface area contributed by atoms with Crippen LogP contribution >= 0.6 is 12.2 Å². The molecule has 0 aromatic heterocycles. The molecule has 0 unspecified atom stereocenters. The van der Waals surface area contributed by atoms with Crippen LogP contribution in [0.3, 0.4) is 0 Å². The Kier molecular flexibility index (Phi) is 7.23. The highest BCUT2D eigenvalue weighted by molar-refractivity contribution is 7.80. The summed E-state index contributed by atoms with van der Waals surface area (Å²) in [4.78, 5) is 0. The first-order valence-electron chi connectivity index (χ1n) is 8.01. The first kappa shape index (κ1) is 19.5. The molecule has 138 valence electrons. The van der Waals surface area contributed by atoms with Crippen molar-refractivity contribution in [2.75, 3.05) is 26.6 Å². The number of methoxy groups -OCH3 is 3. The van der Waals surface area contributed by atoms with Crippen LogP contribution in [0.2, 0.25) is 0 Å². The third-order valence-corrected chi connectivity index (χ3v) is 3.82. The smallest absolute Gasteiger partial charge is 0.191 e. The number of hydrogen-bond acceptors (Lipinski definition) is 5. The average Bonchev–Trinajstić information content (AvgIpc) is 2.66. The van der Waals surface area contributed by atoms with E-state index in [4.69, 9.17) is 26.4 Å². The summed E-state index contributed by atoms with van der Waals surface area (Å²) < 4.78 is 15.8. The molecule has 2 aromatic carbocycles. The standard InChI is InChI=1S/C19H23N3O3S/c1-13(11-14-7-5-6-8-16(14)23-2)21-22-19(26)20-15-9-10-17(24-3)18(12-15)25-4/h5-10,12H,11H2,1-4H3,(H2,20,22,26)/b21-13-. The van der Waals surface area contributed by atoms with Gasteiger partial charge in [-0.3, -0.25) is 5.43 Å². The number of anilines is 1. The van der Waals surface area contributed by atoms with Crippen molar-refractivity contribution >= 4 is 28.7 Å². The zero-order valence-corrected chi connectivity index (χ0v) is 16.1. The van der Waals surface area contributed by atoms with Crippen LogP contribution in [0.5, 0.6) is 17.2 Å². The molecular weight excluding hydrogens is 350 g/mol. The van der Waals surface area contributed by atoms with Crippen molar-refractivity contribution in [2.45, 2.75) is 13.3 Å². The van der Waals surface area contributed by atoms with Crippen molar-refractivity contribution in [3.05, 3.63) is 48.0 Å². The molecule has 0 atom stereocenters. The van der Waals surface area contributed by atoms with Gasteiger partial charge in [-0.2, -0.15) is 5.10 Å². The second-order valence-corrected chi connectivity index (χ2v) is 5.88. The Morgan fingerprint density at radius 2 is 1.65 bits per heavy atom. The summed E-state index contributed by atoms with van der Waals surface area (Å²) in [6.45, 7) is 1.93. The molecule has 0 aliphatic carbocycles. The van der Waals surface area contributed by atoms with Crippen molar-refractivity contribution in [3.8, 4) is 17.2 Å². The quantitative estimate of drug-likeness (QED) is 0.439. The van der Waals surface area contributed by atoms with Gasteiger partial charge in [-0.25, -0.2) is 0 Å². The highest BCUT2D eigenvalue weighted by Gasteiger charge is 2.06. The highest BCUT2D eigenvalue weighted by Crippen LogP contribution is 2.29. The summed E-state index contributed by atoms with van der Waals surface area (Å²) >= 11 is 5.28. The molecule has 0 saturated carbocycles. The van der Waals surface area contributed by atoms with Crippen molar-refractivity contribution in [2.24, 2.45) is 5.10 Å². The van der Waals surface area contributed by atoms with Gasteiger partial charge in [0.25, 0.3) is 0 Å². The van der Waals surface area contributed by atoms with E-state index in [1.54, 1.807) is 33.5 Å². The van der Waals surface area contributed by atoms with Crippen LogP contribution in [0, 0.1) is 0 Å². The monoisotopic (exact) mass is 373 g/mol. The van der Waals surface area contributed by atoms with Gasteiger partial charge in [0.05, 0.1) is 21.3 Å². The highest BCUT2D eigenvalue weighted by atomic mass is 32.1. The van der Waals surface area contributed by atoms with Crippen LogP contribution in [0.4, 0.5) is 5.69 Å². The molecule has 0 amide bonds. The van der Waals surface area contributed by atoms with Crippen molar-refractivity contribution in [1.29, 1.82) is 0 Å².